The Morgan fingerprint density at radius 1 is 1.30 bits per heavy atom. The lowest BCUT2D eigenvalue weighted by Gasteiger charge is -2.33. The zero-order chi connectivity index (χ0) is 14.0. The smallest absolute Gasteiger partial charge is 0.310 e. The number of aromatic nitrogens is 4. The van der Waals surface area contributed by atoms with Gasteiger partial charge in [0.1, 0.15) is 18.5 Å². The van der Waals surface area contributed by atoms with E-state index in [9.17, 15) is 4.39 Å². The van der Waals surface area contributed by atoms with Crippen molar-refractivity contribution in [2.45, 2.75) is 45.4 Å². The summed E-state index contributed by atoms with van der Waals surface area (Å²) in [6, 6.07) is 0. The van der Waals surface area contributed by atoms with E-state index >= 15 is 0 Å². The molecule has 0 atom stereocenters. The number of hydrogen-bond acceptors (Lipinski definition) is 4. The van der Waals surface area contributed by atoms with Gasteiger partial charge < -0.3 is 4.84 Å². The minimum Gasteiger partial charge on any atom is -0.411 e. The van der Waals surface area contributed by atoms with Crippen molar-refractivity contribution in [2.24, 2.45) is 5.41 Å². The molecule has 1 aliphatic carbocycles. The molecular formula is C14H19FN4O. The molecule has 0 saturated heterocycles. The first-order valence-electron chi connectivity index (χ1n) is 7.15. The molecule has 0 radical (unpaired) electrons. The molecule has 1 fully saturated rings. The molecule has 0 spiro atoms. The van der Waals surface area contributed by atoms with Gasteiger partial charge in [0.25, 0.3) is 0 Å². The molecule has 2 aromatic rings. The van der Waals surface area contributed by atoms with Crippen LogP contribution in [0.2, 0.25) is 0 Å². The molecule has 5 nitrogen and oxygen atoms in total. The van der Waals surface area contributed by atoms with Gasteiger partial charge in [-0.25, -0.2) is 9.97 Å². The SMILES string of the molecule is CC1(CCOn2cnc3cnc(F)nc32)CCCCC1. The van der Waals surface area contributed by atoms with E-state index in [1.807, 2.05) is 0 Å². The molecule has 0 aliphatic heterocycles. The number of fused-ring (bicyclic) bond motifs is 1. The molecule has 108 valence electrons. The molecule has 0 bridgehead atoms. The summed E-state index contributed by atoms with van der Waals surface area (Å²) in [6.45, 7) is 2.91. The number of imidazole rings is 1. The maximum atomic E-state index is 13.0. The standard InChI is InChI=1S/C14H19FN4O/c1-14(5-3-2-4-6-14)7-8-20-19-10-17-11-9-16-13(15)18-12(11)19/h9-10H,2-8H2,1H3. The third-order valence-corrected chi connectivity index (χ3v) is 4.23. The Morgan fingerprint density at radius 3 is 2.90 bits per heavy atom. The number of nitrogens with zero attached hydrogens (tertiary/aromatic N) is 4. The molecule has 1 saturated carbocycles. The molecule has 0 N–H and O–H groups in total. The lowest BCUT2D eigenvalue weighted by atomic mass is 9.74. The quantitative estimate of drug-likeness (QED) is 0.807. The molecule has 3 rings (SSSR count). The van der Waals surface area contributed by atoms with Crippen LogP contribution in [0.5, 0.6) is 0 Å². The second kappa shape index (κ2) is 5.34. The second-order valence-electron chi connectivity index (χ2n) is 5.87. The summed E-state index contributed by atoms with van der Waals surface area (Å²) in [4.78, 5) is 17.0. The summed E-state index contributed by atoms with van der Waals surface area (Å²) >= 11 is 0. The molecule has 20 heavy (non-hydrogen) atoms. The summed E-state index contributed by atoms with van der Waals surface area (Å²) in [5, 5.41) is 0. The van der Waals surface area contributed by atoms with Crippen LogP contribution in [-0.2, 0) is 0 Å². The fourth-order valence-electron chi connectivity index (χ4n) is 2.91. The zero-order valence-corrected chi connectivity index (χ0v) is 11.7. The van der Waals surface area contributed by atoms with Crippen molar-refractivity contribution in [3.63, 3.8) is 0 Å². The van der Waals surface area contributed by atoms with Gasteiger partial charge >= 0.3 is 6.08 Å². The normalized spacial score (nSPS) is 18.3. The Hall–Kier alpha value is -1.72. The van der Waals surface area contributed by atoms with Gasteiger partial charge in [-0.15, -0.1) is 0 Å². The van der Waals surface area contributed by atoms with Crippen molar-refractivity contribution in [3.05, 3.63) is 18.6 Å². The van der Waals surface area contributed by atoms with Gasteiger partial charge in [0.2, 0.25) is 5.65 Å². The minimum absolute atomic E-state index is 0.370. The molecule has 0 aromatic carbocycles. The molecule has 1 aliphatic rings. The van der Waals surface area contributed by atoms with E-state index in [1.165, 1.54) is 49.4 Å². The first-order chi connectivity index (χ1) is 9.66. The average molecular weight is 278 g/mol. The minimum atomic E-state index is -0.762. The van der Waals surface area contributed by atoms with E-state index in [0.29, 0.717) is 23.2 Å². The Morgan fingerprint density at radius 2 is 2.10 bits per heavy atom. The first-order valence-corrected chi connectivity index (χ1v) is 7.15. The van der Waals surface area contributed by atoms with Crippen LogP contribution in [0, 0.1) is 11.5 Å². The van der Waals surface area contributed by atoms with Crippen LogP contribution in [0.4, 0.5) is 4.39 Å². The lowest BCUT2D eigenvalue weighted by molar-refractivity contribution is 0.0732. The van der Waals surface area contributed by atoms with Crippen molar-refractivity contribution in [1.29, 1.82) is 0 Å². The van der Waals surface area contributed by atoms with E-state index in [-0.39, 0.29) is 0 Å². The fourth-order valence-corrected chi connectivity index (χ4v) is 2.91. The first kappa shape index (κ1) is 13.3. The maximum Gasteiger partial charge on any atom is 0.310 e. The van der Waals surface area contributed by atoms with Crippen LogP contribution in [0.3, 0.4) is 0 Å². The topological polar surface area (TPSA) is 52.8 Å². The highest BCUT2D eigenvalue weighted by molar-refractivity contribution is 5.68. The molecule has 6 heteroatoms. The molecule has 2 heterocycles. The van der Waals surface area contributed by atoms with Crippen LogP contribution in [-0.4, -0.2) is 26.3 Å². The highest BCUT2D eigenvalue weighted by atomic mass is 19.1. The number of halogens is 1. The summed E-state index contributed by atoms with van der Waals surface area (Å²) in [7, 11) is 0. The van der Waals surface area contributed by atoms with Gasteiger partial charge in [0.05, 0.1) is 6.20 Å². The van der Waals surface area contributed by atoms with Crippen molar-refractivity contribution in [3.8, 4) is 0 Å². The second-order valence-corrected chi connectivity index (χ2v) is 5.87. The number of hydrogen-bond donors (Lipinski definition) is 0. The van der Waals surface area contributed by atoms with Gasteiger partial charge in [-0.1, -0.05) is 26.2 Å². The van der Waals surface area contributed by atoms with Crippen LogP contribution in [0.25, 0.3) is 11.2 Å². The van der Waals surface area contributed by atoms with Gasteiger partial charge in [-0.05, 0) is 24.7 Å². The predicted octanol–water partition coefficient (Wildman–Crippen LogP) is 2.75. The Bertz CT molecular complexity index is 592. The third-order valence-electron chi connectivity index (χ3n) is 4.23. The van der Waals surface area contributed by atoms with E-state index < -0.39 is 6.08 Å². The average Bonchev–Trinajstić information content (AvgIpc) is 2.82. The van der Waals surface area contributed by atoms with Crippen molar-refractivity contribution < 1.29 is 9.23 Å². The van der Waals surface area contributed by atoms with Gasteiger partial charge in [0, 0.05) is 0 Å². The third kappa shape index (κ3) is 2.73. The Labute approximate surface area is 117 Å². The summed E-state index contributed by atoms with van der Waals surface area (Å²) in [5.74, 6) is 0. The van der Waals surface area contributed by atoms with Crippen molar-refractivity contribution in [2.75, 3.05) is 6.61 Å². The van der Waals surface area contributed by atoms with Gasteiger partial charge in [0.15, 0.2) is 0 Å². The van der Waals surface area contributed by atoms with Crippen LogP contribution in [0.15, 0.2) is 12.5 Å². The Balaban J connectivity index is 1.63. The monoisotopic (exact) mass is 278 g/mol. The summed E-state index contributed by atoms with van der Waals surface area (Å²) < 4.78 is 14.5. The summed E-state index contributed by atoms with van der Waals surface area (Å²) in [6.07, 6.45) is 9.60. The van der Waals surface area contributed by atoms with Crippen molar-refractivity contribution in [1.82, 2.24) is 19.7 Å². The van der Waals surface area contributed by atoms with Gasteiger partial charge in [-0.3, -0.25) is 0 Å². The Kier molecular flexibility index (Phi) is 3.54. The highest BCUT2D eigenvalue weighted by Crippen LogP contribution is 2.38. The van der Waals surface area contributed by atoms with E-state index in [1.54, 1.807) is 0 Å². The van der Waals surface area contributed by atoms with Gasteiger partial charge in [-0.2, -0.15) is 14.1 Å². The lowest BCUT2D eigenvalue weighted by Crippen LogP contribution is -2.25. The van der Waals surface area contributed by atoms with Crippen LogP contribution in [0.1, 0.15) is 45.4 Å². The molecule has 0 amide bonds. The van der Waals surface area contributed by atoms with E-state index in [2.05, 4.69) is 21.9 Å². The number of rotatable bonds is 4. The fraction of sp³-hybridized carbons (Fsp3) is 0.643. The van der Waals surface area contributed by atoms with E-state index in [0.717, 1.165) is 6.42 Å². The van der Waals surface area contributed by atoms with Crippen LogP contribution < -0.4 is 4.84 Å². The molecular weight excluding hydrogens is 259 g/mol. The predicted molar refractivity (Wildman–Crippen MR) is 72.5 cm³/mol. The van der Waals surface area contributed by atoms with E-state index in [4.69, 9.17) is 4.84 Å². The maximum absolute atomic E-state index is 13.0. The zero-order valence-electron chi connectivity index (χ0n) is 11.7. The van der Waals surface area contributed by atoms with Crippen LogP contribution >= 0.6 is 0 Å². The molecule has 0 unspecified atom stereocenters. The van der Waals surface area contributed by atoms with Crippen molar-refractivity contribution >= 4 is 11.2 Å². The summed E-state index contributed by atoms with van der Waals surface area (Å²) in [5.41, 5.74) is 1.29. The highest BCUT2D eigenvalue weighted by Gasteiger charge is 2.26. The molecule has 2 aromatic heterocycles. The largest absolute Gasteiger partial charge is 0.411 e.